The summed E-state index contributed by atoms with van der Waals surface area (Å²) >= 11 is 1.84. The number of nitrogens with one attached hydrogen (secondary N) is 1. The van der Waals surface area contributed by atoms with Crippen molar-refractivity contribution in [3.63, 3.8) is 0 Å². The Labute approximate surface area is 105 Å². The molecule has 1 aliphatic rings. The van der Waals surface area contributed by atoms with Crippen molar-refractivity contribution in [2.75, 3.05) is 18.6 Å². The minimum Gasteiger partial charge on any atom is -0.362 e. The van der Waals surface area contributed by atoms with E-state index >= 15 is 0 Å². The molecule has 0 aromatic rings. The summed E-state index contributed by atoms with van der Waals surface area (Å²) < 4.78 is 11.0. The Hall–Kier alpha value is -0.0300. The van der Waals surface area contributed by atoms with E-state index in [1.54, 1.807) is 6.26 Å². The predicted octanol–water partition coefficient (Wildman–Crippen LogP) is 1.86. The van der Waals surface area contributed by atoms with Crippen molar-refractivity contribution in [2.45, 2.75) is 38.5 Å². The molecule has 0 aromatic carbocycles. The standard InChI is InChI=1S/C11H22N2OS2/c1-8(2)10-7-12-11(15-10)13-9(3)5-6-16(4)14/h8-10H,5-7H2,1-4H3,(H,12,13). The summed E-state index contributed by atoms with van der Waals surface area (Å²) in [6, 6.07) is 0.362. The summed E-state index contributed by atoms with van der Waals surface area (Å²) in [6.45, 7) is 7.52. The highest BCUT2D eigenvalue weighted by atomic mass is 32.2. The lowest BCUT2D eigenvalue weighted by molar-refractivity contribution is 0.619. The number of hydrogen-bond acceptors (Lipinski definition) is 4. The molecule has 0 spiro atoms. The molecule has 0 amide bonds. The highest BCUT2D eigenvalue weighted by Crippen LogP contribution is 2.26. The topological polar surface area (TPSA) is 41.5 Å². The summed E-state index contributed by atoms with van der Waals surface area (Å²) in [4.78, 5) is 4.50. The van der Waals surface area contributed by atoms with Crippen molar-refractivity contribution < 1.29 is 4.21 Å². The maximum absolute atomic E-state index is 11.0. The van der Waals surface area contributed by atoms with E-state index in [2.05, 4.69) is 31.1 Å². The summed E-state index contributed by atoms with van der Waals surface area (Å²) in [6.07, 6.45) is 2.69. The molecular weight excluding hydrogens is 240 g/mol. The second-order valence-corrected chi connectivity index (χ2v) is 7.44. The molecule has 0 saturated carbocycles. The van der Waals surface area contributed by atoms with Crippen LogP contribution in [0.5, 0.6) is 0 Å². The molecule has 0 saturated heterocycles. The average Bonchev–Trinajstić information content (AvgIpc) is 2.63. The van der Waals surface area contributed by atoms with Gasteiger partial charge in [0, 0.05) is 34.1 Å². The van der Waals surface area contributed by atoms with Crippen molar-refractivity contribution in [1.82, 2.24) is 5.32 Å². The average molecular weight is 262 g/mol. The zero-order valence-electron chi connectivity index (χ0n) is 10.5. The van der Waals surface area contributed by atoms with E-state index in [9.17, 15) is 4.21 Å². The van der Waals surface area contributed by atoms with Gasteiger partial charge in [-0.3, -0.25) is 9.20 Å². The van der Waals surface area contributed by atoms with Crippen molar-refractivity contribution >= 4 is 27.7 Å². The van der Waals surface area contributed by atoms with Gasteiger partial charge in [0.25, 0.3) is 0 Å². The van der Waals surface area contributed by atoms with Crippen LogP contribution in [0.25, 0.3) is 0 Å². The van der Waals surface area contributed by atoms with Crippen LogP contribution in [0, 0.1) is 5.92 Å². The first-order valence-corrected chi connectivity index (χ1v) is 8.37. The van der Waals surface area contributed by atoms with Gasteiger partial charge in [-0.1, -0.05) is 25.6 Å². The monoisotopic (exact) mass is 262 g/mol. The van der Waals surface area contributed by atoms with Gasteiger partial charge in [-0.05, 0) is 19.3 Å². The Morgan fingerprint density at radius 3 is 2.75 bits per heavy atom. The lowest BCUT2D eigenvalue weighted by atomic mass is 10.1. The van der Waals surface area contributed by atoms with Crippen LogP contribution in [0.2, 0.25) is 0 Å². The SMILES string of the molecule is CC(CCS(C)=O)NC1=NCC(C(C)C)S1. The maximum atomic E-state index is 11.0. The van der Waals surface area contributed by atoms with Crippen LogP contribution < -0.4 is 5.32 Å². The van der Waals surface area contributed by atoms with Gasteiger partial charge >= 0.3 is 0 Å². The normalized spacial score (nSPS) is 24.3. The molecule has 5 heteroatoms. The zero-order chi connectivity index (χ0) is 12.1. The Morgan fingerprint density at radius 2 is 2.25 bits per heavy atom. The molecule has 16 heavy (non-hydrogen) atoms. The Morgan fingerprint density at radius 1 is 1.56 bits per heavy atom. The molecule has 0 radical (unpaired) electrons. The van der Waals surface area contributed by atoms with Gasteiger partial charge in [0.15, 0.2) is 5.17 Å². The van der Waals surface area contributed by atoms with Crippen LogP contribution in [-0.2, 0) is 10.8 Å². The fraction of sp³-hybridized carbons (Fsp3) is 0.909. The summed E-state index contributed by atoms with van der Waals surface area (Å²) in [7, 11) is -0.690. The van der Waals surface area contributed by atoms with Gasteiger partial charge in [-0.25, -0.2) is 0 Å². The van der Waals surface area contributed by atoms with Crippen LogP contribution in [0.4, 0.5) is 0 Å². The van der Waals surface area contributed by atoms with Crippen molar-refractivity contribution in [1.29, 1.82) is 0 Å². The number of rotatable bonds is 5. The Kier molecular flexibility index (Phi) is 5.83. The van der Waals surface area contributed by atoms with Crippen molar-refractivity contribution in [3.8, 4) is 0 Å². The predicted molar refractivity (Wildman–Crippen MR) is 74.7 cm³/mol. The molecule has 1 heterocycles. The highest BCUT2D eigenvalue weighted by molar-refractivity contribution is 8.14. The van der Waals surface area contributed by atoms with E-state index in [-0.39, 0.29) is 0 Å². The van der Waals surface area contributed by atoms with Crippen LogP contribution >= 0.6 is 11.8 Å². The second kappa shape index (κ2) is 6.64. The maximum Gasteiger partial charge on any atom is 0.157 e. The molecule has 3 nitrogen and oxygen atoms in total. The molecule has 0 aromatic heterocycles. The lowest BCUT2D eigenvalue weighted by Gasteiger charge is -2.16. The van der Waals surface area contributed by atoms with E-state index in [0.29, 0.717) is 17.2 Å². The largest absolute Gasteiger partial charge is 0.362 e. The fourth-order valence-electron chi connectivity index (χ4n) is 1.44. The Bertz CT molecular complexity index is 279. The van der Waals surface area contributed by atoms with Gasteiger partial charge in [0.05, 0.1) is 6.54 Å². The molecule has 1 rings (SSSR count). The smallest absolute Gasteiger partial charge is 0.157 e. The van der Waals surface area contributed by atoms with E-state index in [1.165, 1.54) is 0 Å². The molecule has 1 aliphatic heterocycles. The summed E-state index contributed by atoms with van der Waals surface area (Å²) in [5.74, 6) is 1.44. The van der Waals surface area contributed by atoms with E-state index in [4.69, 9.17) is 0 Å². The fourth-order valence-corrected chi connectivity index (χ4v) is 3.25. The van der Waals surface area contributed by atoms with Crippen LogP contribution in [-0.4, -0.2) is 39.2 Å². The number of hydrogen-bond donors (Lipinski definition) is 1. The number of nitrogens with zero attached hydrogens (tertiary/aromatic N) is 1. The third kappa shape index (κ3) is 4.87. The summed E-state index contributed by atoms with van der Waals surface area (Å²) in [5.41, 5.74) is 0. The van der Waals surface area contributed by atoms with Crippen molar-refractivity contribution in [2.24, 2.45) is 10.9 Å². The molecule has 0 bridgehead atoms. The van der Waals surface area contributed by atoms with Crippen LogP contribution in [0.1, 0.15) is 27.2 Å². The molecule has 3 atom stereocenters. The zero-order valence-corrected chi connectivity index (χ0v) is 12.2. The van der Waals surface area contributed by atoms with Gasteiger partial charge < -0.3 is 5.32 Å². The minimum absolute atomic E-state index is 0.362. The van der Waals surface area contributed by atoms with Crippen molar-refractivity contribution in [3.05, 3.63) is 0 Å². The highest BCUT2D eigenvalue weighted by Gasteiger charge is 2.23. The second-order valence-electron chi connectivity index (χ2n) is 4.66. The summed E-state index contributed by atoms with van der Waals surface area (Å²) in [5, 5.41) is 5.08. The molecule has 94 valence electrons. The van der Waals surface area contributed by atoms with Gasteiger partial charge in [0.1, 0.15) is 0 Å². The quantitative estimate of drug-likeness (QED) is 0.822. The minimum atomic E-state index is -0.690. The number of aliphatic imine (C=N–C) groups is 1. The molecule has 0 aliphatic carbocycles. The molecule has 0 fully saturated rings. The Balaban J connectivity index is 2.25. The number of amidine groups is 1. The van der Waals surface area contributed by atoms with Gasteiger partial charge in [0.2, 0.25) is 0 Å². The van der Waals surface area contributed by atoms with Gasteiger partial charge in [-0.2, -0.15) is 0 Å². The third-order valence-electron chi connectivity index (χ3n) is 2.63. The van der Waals surface area contributed by atoms with Crippen LogP contribution in [0.3, 0.4) is 0 Å². The first-order valence-electron chi connectivity index (χ1n) is 5.76. The van der Waals surface area contributed by atoms with Crippen LogP contribution in [0.15, 0.2) is 4.99 Å². The van der Waals surface area contributed by atoms with E-state index < -0.39 is 10.8 Å². The third-order valence-corrected chi connectivity index (χ3v) is 4.91. The number of thioether (sulfide) groups is 1. The lowest BCUT2D eigenvalue weighted by Crippen LogP contribution is -2.31. The molecule has 3 unspecified atom stereocenters. The molecular formula is C11H22N2OS2. The first kappa shape index (κ1) is 14.0. The molecule has 1 N–H and O–H groups in total. The van der Waals surface area contributed by atoms with Gasteiger partial charge in [-0.15, -0.1) is 0 Å². The van der Waals surface area contributed by atoms with E-state index in [1.807, 2.05) is 11.8 Å². The first-order chi connectivity index (χ1) is 7.49. The van der Waals surface area contributed by atoms with E-state index in [0.717, 1.165) is 23.9 Å².